The molecule has 0 N–H and O–H groups in total. The number of anilines is 3. The van der Waals surface area contributed by atoms with Gasteiger partial charge in [-0.25, -0.2) is 0 Å². The maximum absolute atomic E-state index is 2.42. The summed E-state index contributed by atoms with van der Waals surface area (Å²) in [4.78, 5) is 2.38. The molecule has 1 aromatic heterocycles. The number of rotatable bonds is 4. The molecule has 0 aliphatic carbocycles. The summed E-state index contributed by atoms with van der Waals surface area (Å²) < 4.78 is 2.42. The fraction of sp³-hybridized carbons (Fsp3) is 0. The minimum atomic E-state index is 1.13. The smallest absolute Gasteiger partial charge is 0.0788 e. The van der Waals surface area contributed by atoms with Crippen LogP contribution in [0.4, 0.5) is 17.1 Å². The summed E-state index contributed by atoms with van der Waals surface area (Å²) >= 11 is 0. The lowest BCUT2D eigenvalue weighted by Crippen LogP contribution is -2.11. The van der Waals surface area contributed by atoms with Gasteiger partial charge in [0.2, 0.25) is 0 Å². The van der Waals surface area contributed by atoms with E-state index < -0.39 is 0 Å². The number of nitrogens with zero attached hydrogens (tertiary/aromatic N) is 2. The van der Waals surface area contributed by atoms with Gasteiger partial charge in [0.25, 0.3) is 0 Å². The zero-order valence-corrected chi connectivity index (χ0v) is 19.8. The minimum absolute atomic E-state index is 1.13. The molecular formula is C34H24N2. The highest BCUT2D eigenvalue weighted by atomic mass is 15.2. The van der Waals surface area contributed by atoms with Crippen molar-refractivity contribution in [2.45, 2.75) is 0 Å². The Labute approximate surface area is 210 Å². The van der Waals surface area contributed by atoms with Crippen molar-refractivity contribution in [2.75, 3.05) is 4.90 Å². The van der Waals surface area contributed by atoms with Crippen LogP contribution >= 0.6 is 0 Å². The number of fused-ring (bicyclic) bond motifs is 5. The second kappa shape index (κ2) is 8.44. The first kappa shape index (κ1) is 20.5. The van der Waals surface area contributed by atoms with Gasteiger partial charge in [-0.3, -0.25) is 0 Å². The van der Waals surface area contributed by atoms with E-state index in [1.807, 2.05) is 0 Å². The standard InChI is InChI=1S/C34H24N2/c1-4-15-26(16-5-1)35(27-17-6-2-7-18-27)32-24-25-14-10-11-21-29(25)33-30-22-12-13-23-31(30)36(34(32)33)28-19-8-3-9-20-28/h1-24H. The summed E-state index contributed by atoms with van der Waals surface area (Å²) in [6, 6.07) is 51.9. The molecule has 2 nitrogen and oxygen atoms in total. The van der Waals surface area contributed by atoms with Gasteiger partial charge in [-0.2, -0.15) is 0 Å². The van der Waals surface area contributed by atoms with Gasteiger partial charge in [-0.05, 0) is 59.3 Å². The first-order valence-electron chi connectivity index (χ1n) is 12.3. The van der Waals surface area contributed by atoms with E-state index >= 15 is 0 Å². The van der Waals surface area contributed by atoms with Crippen LogP contribution in [0.1, 0.15) is 0 Å². The van der Waals surface area contributed by atoms with E-state index in [0.717, 1.165) is 22.7 Å². The molecular weight excluding hydrogens is 436 g/mol. The van der Waals surface area contributed by atoms with E-state index in [2.05, 4.69) is 155 Å². The molecule has 0 bridgehead atoms. The van der Waals surface area contributed by atoms with E-state index in [-0.39, 0.29) is 0 Å². The lowest BCUT2D eigenvalue weighted by atomic mass is 10.0. The van der Waals surface area contributed by atoms with Crippen molar-refractivity contribution in [3.63, 3.8) is 0 Å². The molecule has 0 amide bonds. The normalized spacial score (nSPS) is 11.3. The lowest BCUT2D eigenvalue weighted by molar-refractivity contribution is 1.17. The first-order chi connectivity index (χ1) is 17.9. The predicted molar refractivity (Wildman–Crippen MR) is 153 cm³/mol. The molecule has 7 aromatic rings. The zero-order chi connectivity index (χ0) is 23.9. The fourth-order valence-electron chi connectivity index (χ4n) is 5.42. The molecule has 0 aliphatic rings. The van der Waals surface area contributed by atoms with Crippen molar-refractivity contribution in [3.05, 3.63) is 146 Å². The van der Waals surface area contributed by atoms with Crippen molar-refractivity contribution >= 4 is 49.6 Å². The Balaban J connectivity index is 1.71. The van der Waals surface area contributed by atoms with Crippen LogP contribution in [0.2, 0.25) is 0 Å². The number of para-hydroxylation sites is 4. The van der Waals surface area contributed by atoms with Gasteiger partial charge < -0.3 is 9.47 Å². The summed E-state index contributed by atoms with van der Waals surface area (Å²) in [5.74, 6) is 0. The largest absolute Gasteiger partial charge is 0.308 e. The molecule has 2 heteroatoms. The predicted octanol–water partition coefficient (Wildman–Crippen LogP) is 9.41. The highest BCUT2D eigenvalue weighted by molar-refractivity contribution is 6.25. The second-order valence-corrected chi connectivity index (χ2v) is 9.04. The van der Waals surface area contributed by atoms with Crippen LogP contribution in [0, 0.1) is 0 Å². The van der Waals surface area contributed by atoms with Crippen molar-refractivity contribution in [2.24, 2.45) is 0 Å². The Hall–Kier alpha value is -4.82. The molecule has 0 spiro atoms. The molecule has 1 heterocycles. The van der Waals surface area contributed by atoms with Crippen LogP contribution in [0.3, 0.4) is 0 Å². The fourth-order valence-corrected chi connectivity index (χ4v) is 5.42. The molecule has 6 aromatic carbocycles. The number of benzene rings is 6. The summed E-state index contributed by atoms with van der Waals surface area (Å²) in [6.07, 6.45) is 0. The molecule has 0 atom stereocenters. The Morgan fingerprint density at radius 1 is 0.472 bits per heavy atom. The number of hydrogen-bond acceptors (Lipinski definition) is 1. The quantitative estimate of drug-likeness (QED) is 0.254. The highest BCUT2D eigenvalue weighted by Crippen LogP contribution is 2.46. The van der Waals surface area contributed by atoms with Crippen molar-refractivity contribution < 1.29 is 0 Å². The summed E-state index contributed by atoms with van der Waals surface area (Å²) in [5.41, 5.74) is 6.98. The molecule has 7 rings (SSSR count). The molecule has 0 saturated heterocycles. The van der Waals surface area contributed by atoms with Crippen molar-refractivity contribution in [3.8, 4) is 5.69 Å². The van der Waals surface area contributed by atoms with Crippen molar-refractivity contribution in [1.29, 1.82) is 0 Å². The molecule has 36 heavy (non-hydrogen) atoms. The highest BCUT2D eigenvalue weighted by Gasteiger charge is 2.23. The summed E-state index contributed by atoms with van der Waals surface area (Å²) in [7, 11) is 0. The Kier molecular flexibility index (Phi) is 4.82. The number of hydrogen-bond donors (Lipinski definition) is 0. The van der Waals surface area contributed by atoms with E-state index in [1.54, 1.807) is 0 Å². The average Bonchev–Trinajstić information content (AvgIpc) is 3.31. The second-order valence-electron chi connectivity index (χ2n) is 9.04. The average molecular weight is 461 g/mol. The lowest BCUT2D eigenvalue weighted by Gasteiger charge is -2.27. The van der Waals surface area contributed by atoms with Crippen LogP contribution in [0.15, 0.2) is 146 Å². The van der Waals surface area contributed by atoms with Crippen LogP contribution in [0.25, 0.3) is 38.3 Å². The third-order valence-corrected chi connectivity index (χ3v) is 6.92. The molecule has 0 aliphatic heterocycles. The van der Waals surface area contributed by atoms with Crippen LogP contribution in [0.5, 0.6) is 0 Å². The zero-order valence-electron chi connectivity index (χ0n) is 19.8. The Bertz CT molecular complexity index is 1780. The van der Waals surface area contributed by atoms with Gasteiger partial charge in [0.05, 0.1) is 16.7 Å². The van der Waals surface area contributed by atoms with E-state index in [9.17, 15) is 0 Å². The SMILES string of the molecule is c1ccc(N(c2ccccc2)c2cc3ccccc3c3c4ccccc4n(-c4ccccc4)c23)cc1. The topological polar surface area (TPSA) is 8.17 Å². The molecule has 0 fully saturated rings. The minimum Gasteiger partial charge on any atom is -0.308 e. The van der Waals surface area contributed by atoms with Gasteiger partial charge in [0, 0.05) is 27.8 Å². The van der Waals surface area contributed by atoms with Gasteiger partial charge in [0.15, 0.2) is 0 Å². The maximum atomic E-state index is 2.42. The maximum Gasteiger partial charge on any atom is 0.0788 e. The molecule has 0 unspecified atom stereocenters. The Morgan fingerprint density at radius 2 is 1.00 bits per heavy atom. The van der Waals surface area contributed by atoms with Gasteiger partial charge >= 0.3 is 0 Å². The Morgan fingerprint density at radius 3 is 1.67 bits per heavy atom. The molecule has 0 saturated carbocycles. The summed E-state index contributed by atoms with van der Waals surface area (Å²) in [5, 5.41) is 5.03. The van der Waals surface area contributed by atoms with Gasteiger partial charge in [0.1, 0.15) is 0 Å². The molecule has 170 valence electrons. The van der Waals surface area contributed by atoms with Crippen LogP contribution in [-0.2, 0) is 0 Å². The van der Waals surface area contributed by atoms with E-state index in [1.165, 1.54) is 32.6 Å². The van der Waals surface area contributed by atoms with Crippen molar-refractivity contribution in [1.82, 2.24) is 4.57 Å². The van der Waals surface area contributed by atoms with Crippen LogP contribution < -0.4 is 4.90 Å². The summed E-state index contributed by atoms with van der Waals surface area (Å²) in [6.45, 7) is 0. The first-order valence-corrected chi connectivity index (χ1v) is 12.3. The van der Waals surface area contributed by atoms with Gasteiger partial charge in [-0.15, -0.1) is 0 Å². The molecule has 0 radical (unpaired) electrons. The number of aromatic nitrogens is 1. The van der Waals surface area contributed by atoms with E-state index in [4.69, 9.17) is 0 Å². The third-order valence-electron chi connectivity index (χ3n) is 6.92. The van der Waals surface area contributed by atoms with Gasteiger partial charge in [-0.1, -0.05) is 97.1 Å². The third kappa shape index (κ3) is 3.19. The van der Waals surface area contributed by atoms with E-state index in [0.29, 0.717) is 0 Å². The monoisotopic (exact) mass is 460 g/mol. The van der Waals surface area contributed by atoms with Crippen LogP contribution in [-0.4, -0.2) is 4.57 Å².